The van der Waals surface area contributed by atoms with E-state index in [4.69, 9.17) is 0 Å². The second kappa shape index (κ2) is 5.45. The van der Waals surface area contributed by atoms with Gasteiger partial charge >= 0.3 is 5.97 Å². The number of hydrogen-bond donors (Lipinski definition) is 1. The van der Waals surface area contributed by atoms with Gasteiger partial charge in [-0.05, 0) is 0 Å². The van der Waals surface area contributed by atoms with E-state index in [2.05, 4.69) is 15.0 Å². The van der Waals surface area contributed by atoms with Crippen LogP contribution >= 0.6 is 11.3 Å². The third-order valence-electron chi connectivity index (χ3n) is 1.79. The number of methoxy groups -OCH3 is 1. The van der Waals surface area contributed by atoms with Crippen molar-refractivity contribution in [3.05, 3.63) is 11.1 Å². The average Bonchev–Trinajstić information content (AvgIpc) is 2.73. The summed E-state index contributed by atoms with van der Waals surface area (Å²) in [4.78, 5) is 27.8. The van der Waals surface area contributed by atoms with Gasteiger partial charge in [-0.15, -0.1) is 11.3 Å². The predicted molar refractivity (Wildman–Crippen MR) is 60.6 cm³/mol. The lowest BCUT2D eigenvalue weighted by Gasteiger charge is -2.09. The fourth-order valence-corrected chi connectivity index (χ4v) is 1.54. The lowest BCUT2D eigenvalue weighted by Crippen LogP contribution is -2.28. The van der Waals surface area contributed by atoms with Crippen LogP contribution in [0, 0.1) is 0 Å². The summed E-state index contributed by atoms with van der Waals surface area (Å²) in [6.07, 6.45) is 0. The summed E-state index contributed by atoms with van der Waals surface area (Å²) in [5.41, 5.74) is 0.243. The number of rotatable bonds is 4. The Morgan fingerprint density at radius 2 is 2.25 bits per heavy atom. The topological polar surface area (TPSA) is 71.5 Å². The molecule has 0 aliphatic carbocycles. The Labute approximate surface area is 97.2 Å². The lowest BCUT2D eigenvalue weighted by atomic mass is 10.5. The molecule has 0 radical (unpaired) electrons. The number of nitrogens with one attached hydrogen (secondary N) is 1. The molecule has 1 aromatic rings. The van der Waals surface area contributed by atoms with Gasteiger partial charge in [0, 0.05) is 19.5 Å². The third-order valence-corrected chi connectivity index (χ3v) is 2.59. The van der Waals surface area contributed by atoms with Crippen molar-refractivity contribution in [2.45, 2.75) is 0 Å². The van der Waals surface area contributed by atoms with E-state index in [0.717, 1.165) is 0 Å². The minimum atomic E-state index is -0.483. The van der Waals surface area contributed by atoms with Crippen molar-refractivity contribution in [3.8, 4) is 0 Å². The molecular formula is C9H13N3O3S. The van der Waals surface area contributed by atoms with Crippen LogP contribution in [0.1, 0.15) is 10.5 Å². The van der Waals surface area contributed by atoms with Gasteiger partial charge in [0.05, 0.1) is 13.7 Å². The summed E-state index contributed by atoms with van der Waals surface area (Å²) in [7, 11) is 4.64. The molecule has 1 rings (SSSR count). The fourth-order valence-electron chi connectivity index (χ4n) is 0.863. The van der Waals surface area contributed by atoms with Gasteiger partial charge in [-0.2, -0.15) is 0 Å². The Morgan fingerprint density at radius 1 is 1.56 bits per heavy atom. The van der Waals surface area contributed by atoms with Gasteiger partial charge < -0.3 is 15.0 Å². The molecule has 0 aromatic carbocycles. The molecule has 0 bridgehead atoms. The van der Waals surface area contributed by atoms with Gasteiger partial charge in [0.25, 0.3) is 0 Å². The van der Waals surface area contributed by atoms with Crippen molar-refractivity contribution in [2.24, 2.45) is 0 Å². The summed E-state index contributed by atoms with van der Waals surface area (Å²) in [6.45, 7) is 0.154. The van der Waals surface area contributed by atoms with Crippen LogP contribution in [0.5, 0.6) is 0 Å². The Morgan fingerprint density at radius 3 is 2.81 bits per heavy atom. The maximum atomic E-state index is 11.3. The molecule has 0 atom stereocenters. The molecular weight excluding hydrogens is 230 g/mol. The molecule has 7 heteroatoms. The summed E-state index contributed by atoms with van der Waals surface area (Å²) in [6, 6.07) is 0. The van der Waals surface area contributed by atoms with Crippen molar-refractivity contribution in [1.82, 2.24) is 9.88 Å². The van der Waals surface area contributed by atoms with Gasteiger partial charge in [-0.1, -0.05) is 0 Å². The van der Waals surface area contributed by atoms with E-state index in [0.29, 0.717) is 5.13 Å². The number of carbonyl (C=O) groups is 2. The Balaban J connectivity index is 2.53. The molecule has 1 N–H and O–H groups in total. The Hall–Kier alpha value is -1.63. The number of esters is 1. The van der Waals surface area contributed by atoms with Gasteiger partial charge in [0.2, 0.25) is 5.91 Å². The van der Waals surface area contributed by atoms with E-state index in [1.54, 1.807) is 19.5 Å². The second-order valence-corrected chi connectivity index (χ2v) is 4.03. The number of amides is 1. The minimum Gasteiger partial charge on any atom is -0.464 e. The molecule has 1 aromatic heterocycles. The van der Waals surface area contributed by atoms with E-state index in [-0.39, 0.29) is 18.1 Å². The molecule has 0 unspecified atom stereocenters. The maximum Gasteiger partial charge on any atom is 0.357 e. The van der Waals surface area contributed by atoms with Crippen molar-refractivity contribution >= 4 is 28.3 Å². The highest BCUT2D eigenvalue weighted by Gasteiger charge is 2.11. The molecule has 88 valence electrons. The highest BCUT2D eigenvalue weighted by Crippen LogP contribution is 2.15. The third kappa shape index (κ3) is 3.20. The van der Waals surface area contributed by atoms with Gasteiger partial charge in [-0.25, -0.2) is 9.78 Å². The van der Waals surface area contributed by atoms with Gasteiger partial charge in [0.1, 0.15) is 0 Å². The lowest BCUT2D eigenvalue weighted by molar-refractivity contribution is -0.126. The largest absolute Gasteiger partial charge is 0.464 e. The first-order valence-corrected chi connectivity index (χ1v) is 5.40. The predicted octanol–water partition coefficient (Wildman–Crippen LogP) is 0.430. The van der Waals surface area contributed by atoms with Crippen LogP contribution in [0.25, 0.3) is 0 Å². The van der Waals surface area contributed by atoms with Gasteiger partial charge in [0.15, 0.2) is 10.8 Å². The first-order valence-electron chi connectivity index (χ1n) is 4.52. The molecule has 16 heavy (non-hydrogen) atoms. The summed E-state index contributed by atoms with van der Waals surface area (Å²) in [5.74, 6) is -0.543. The van der Waals surface area contributed by atoms with Crippen molar-refractivity contribution in [2.75, 3.05) is 33.1 Å². The monoisotopic (exact) mass is 243 g/mol. The number of likely N-dealkylation sites (N-methyl/N-ethyl adjacent to an activating group) is 1. The minimum absolute atomic E-state index is 0.0604. The summed E-state index contributed by atoms with van der Waals surface area (Å²) in [5, 5.41) is 4.93. The van der Waals surface area contributed by atoms with Crippen LogP contribution in [-0.4, -0.2) is 49.5 Å². The van der Waals surface area contributed by atoms with E-state index in [1.807, 2.05) is 0 Å². The number of nitrogens with zero attached hydrogens (tertiary/aromatic N) is 2. The van der Waals surface area contributed by atoms with Crippen molar-refractivity contribution in [1.29, 1.82) is 0 Å². The summed E-state index contributed by atoms with van der Waals surface area (Å²) >= 11 is 1.25. The van der Waals surface area contributed by atoms with Crippen molar-refractivity contribution < 1.29 is 14.3 Å². The van der Waals surface area contributed by atoms with Crippen molar-refractivity contribution in [3.63, 3.8) is 0 Å². The zero-order valence-electron chi connectivity index (χ0n) is 9.31. The van der Waals surface area contributed by atoms with Crippen LogP contribution < -0.4 is 5.32 Å². The fraction of sp³-hybridized carbons (Fsp3) is 0.444. The molecule has 0 saturated carbocycles. The first kappa shape index (κ1) is 12.4. The molecule has 1 heterocycles. The molecule has 0 aliphatic heterocycles. The highest BCUT2D eigenvalue weighted by molar-refractivity contribution is 7.13. The quantitative estimate of drug-likeness (QED) is 0.776. The maximum absolute atomic E-state index is 11.3. The van der Waals surface area contributed by atoms with Crippen LogP contribution in [0.4, 0.5) is 5.13 Å². The Kier molecular flexibility index (Phi) is 4.24. The van der Waals surface area contributed by atoms with Crippen LogP contribution in [0.2, 0.25) is 0 Å². The van der Waals surface area contributed by atoms with Crippen LogP contribution in [0.3, 0.4) is 0 Å². The molecule has 6 nitrogen and oxygen atoms in total. The number of thiazole rings is 1. The molecule has 0 saturated heterocycles. The van der Waals surface area contributed by atoms with E-state index in [9.17, 15) is 9.59 Å². The highest BCUT2D eigenvalue weighted by atomic mass is 32.1. The SMILES string of the molecule is COC(=O)c1csc(NCC(=O)N(C)C)n1. The number of anilines is 1. The normalized spacial score (nSPS) is 9.69. The standard InChI is InChI=1S/C9H13N3O3S/c1-12(2)7(13)4-10-9-11-6(5-16-9)8(14)15-3/h5H,4H2,1-3H3,(H,10,11). The van der Waals surface area contributed by atoms with Gasteiger partial charge in [-0.3, -0.25) is 4.79 Å². The zero-order valence-corrected chi connectivity index (χ0v) is 10.1. The smallest absolute Gasteiger partial charge is 0.357 e. The number of ether oxygens (including phenoxy) is 1. The zero-order chi connectivity index (χ0) is 12.1. The van der Waals surface area contributed by atoms with E-state index < -0.39 is 5.97 Å². The summed E-state index contributed by atoms with van der Waals surface area (Å²) < 4.78 is 4.52. The Bertz CT molecular complexity index is 389. The second-order valence-electron chi connectivity index (χ2n) is 3.17. The first-order chi connectivity index (χ1) is 7.54. The molecule has 0 fully saturated rings. The average molecular weight is 243 g/mol. The van der Waals surface area contributed by atoms with Crippen LogP contribution in [-0.2, 0) is 9.53 Å². The van der Waals surface area contributed by atoms with E-state index in [1.165, 1.54) is 23.3 Å². The number of carbonyl (C=O) groups excluding carboxylic acids is 2. The molecule has 0 aliphatic rings. The number of aromatic nitrogens is 1. The van der Waals surface area contributed by atoms with E-state index >= 15 is 0 Å². The van der Waals surface area contributed by atoms with Crippen LogP contribution in [0.15, 0.2) is 5.38 Å². The number of hydrogen-bond acceptors (Lipinski definition) is 6. The molecule has 0 spiro atoms. The molecule has 1 amide bonds.